The van der Waals surface area contributed by atoms with Crippen molar-refractivity contribution in [2.75, 3.05) is 0 Å². The molecule has 90 valence electrons. The van der Waals surface area contributed by atoms with Gasteiger partial charge in [0.15, 0.2) is 0 Å². The number of carbonyl (C=O) groups excluding carboxylic acids is 1. The van der Waals surface area contributed by atoms with Gasteiger partial charge in [0.2, 0.25) is 0 Å². The van der Waals surface area contributed by atoms with Gasteiger partial charge in [-0.2, -0.15) is 0 Å². The van der Waals surface area contributed by atoms with Gasteiger partial charge in [0.05, 0.1) is 5.69 Å². The zero-order valence-corrected chi connectivity index (χ0v) is 10.4. The zero-order chi connectivity index (χ0) is 12.5. The summed E-state index contributed by atoms with van der Waals surface area (Å²) in [6.45, 7) is 2.07. The van der Waals surface area contributed by atoms with Crippen molar-refractivity contribution in [2.24, 2.45) is 0 Å². The fraction of sp³-hybridized carbons (Fsp3) is 0.250. The van der Waals surface area contributed by atoms with Crippen molar-refractivity contribution in [3.8, 4) is 0 Å². The fourth-order valence-corrected chi connectivity index (χ4v) is 2.88. The van der Waals surface area contributed by atoms with Crippen LogP contribution in [0.25, 0.3) is 0 Å². The van der Waals surface area contributed by atoms with Gasteiger partial charge in [-0.1, -0.05) is 18.2 Å². The van der Waals surface area contributed by atoms with E-state index in [0.29, 0.717) is 5.92 Å². The molecule has 1 aliphatic carbocycles. The first-order chi connectivity index (χ1) is 8.79. The van der Waals surface area contributed by atoms with E-state index in [-0.39, 0.29) is 0 Å². The van der Waals surface area contributed by atoms with Gasteiger partial charge in [-0.15, -0.1) is 0 Å². The standard InChI is InChI=1S/C16H15NO/c1-11-9-12(10-18)4-6-14(11)15-7-5-13-3-2-8-17-16(13)15/h2-4,6,8-10,15H,5,7H2,1H3. The largest absolute Gasteiger partial charge is 0.298 e. The molecule has 2 nitrogen and oxygen atoms in total. The topological polar surface area (TPSA) is 30.0 Å². The Morgan fingerprint density at radius 2 is 2.22 bits per heavy atom. The van der Waals surface area contributed by atoms with Crippen LogP contribution >= 0.6 is 0 Å². The first-order valence-electron chi connectivity index (χ1n) is 6.29. The minimum atomic E-state index is 0.391. The molecule has 0 radical (unpaired) electrons. The van der Waals surface area contributed by atoms with E-state index in [0.717, 1.165) is 24.7 Å². The number of nitrogens with zero attached hydrogens (tertiary/aromatic N) is 1. The highest BCUT2D eigenvalue weighted by molar-refractivity contribution is 5.75. The lowest BCUT2D eigenvalue weighted by molar-refractivity contribution is 0.112. The lowest BCUT2D eigenvalue weighted by atomic mass is 9.91. The second-order valence-electron chi connectivity index (χ2n) is 4.87. The molecule has 0 saturated carbocycles. The van der Waals surface area contributed by atoms with E-state index < -0.39 is 0 Å². The molecule has 1 atom stereocenters. The third-order valence-corrected chi connectivity index (χ3v) is 3.76. The molecule has 1 aromatic heterocycles. The van der Waals surface area contributed by atoms with Crippen molar-refractivity contribution in [3.63, 3.8) is 0 Å². The van der Waals surface area contributed by atoms with E-state index in [1.54, 1.807) is 0 Å². The molecule has 2 aromatic rings. The average molecular weight is 237 g/mol. The number of fused-ring (bicyclic) bond motifs is 1. The molecule has 0 aliphatic heterocycles. The molecule has 2 heteroatoms. The SMILES string of the molecule is Cc1cc(C=O)ccc1C1CCc2cccnc21. The third kappa shape index (κ3) is 1.74. The Hall–Kier alpha value is -1.96. The molecular weight excluding hydrogens is 222 g/mol. The Kier molecular flexibility index (Phi) is 2.71. The number of aldehydes is 1. The Morgan fingerprint density at radius 1 is 1.33 bits per heavy atom. The number of benzene rings is 1. The predicted octanol–water partition coefficient (Wildman–Crippen LogP) is 3.28. The minimum Gasteiger partial charge on any atom is -0.298 e. The summed E-state index contributed by atoms with van der Waals surface area (Å²) < 4.78 is 0. The number of hydrogen-bond donors (Lipinski definition) is 0. The number of aryl methyl sites for hydroxylation is 2. The second kappa shape index (κ2) is 4.37. The Bertz CT molecular complexity index is 604. The van der Waals surface area contributed by atoms with Gasteiger partial charge in [-0.3, -0.25) is 9.78 Å². The van der Waals surface area contributed by atoms with Crippen molar-refractivity contribution < 1.29 is 4.79 Å². The highest BCUT2D eigenvalue weighted by atomic mass is 16.1. The van der Waals surface area contributed by atoms with E-state index >= 15 is 0 Å². The monoisotopic (exact) mass is 237 g/mol. The first-order valence-corrected chi connectivity index (χ1v) is 6.29. The Labute approximate surface area is 107 Å². The van der Waals surface area contributed by atoms with Crippen LogP contribution < -0.4 is 0 Å². The quantitative estimate of drug-likeness (QED) is 0.750. The van der Waals surface area contributed by atoms with Gasteiger partial charge in [0, 0.05) is 17.7 Å². The van der Waals surface area contributed by atoms with Crippen LogP contribution in [0.5, 0.6) is 0 Å². The van der Waals surface area contributed by atoms with E-state index in [1.807, 2.05) is 24.4 Å². The summed E-state index contributed by atoms with van der Waals surface area (Å²) in [5.41, 5.74) is 5.80. The number of rotatable bonds is 2. The molecule has 18 heavy (non-hydrogen) atoms. The molecule has 3 rings (SSSR count). The molecule has 0 N–H and O–H groups in total. The van der Waals surface area contributed by atoms with Crippen LogP contribution in [0.15, 0.2) is 36.5 Å². The molecule has 0 amide bonds. The van der Waals surface area contributed by atoms with Gasteiger partial charge in [0.25, 0.3) is 0 Å². The predicted molar refractivity (Wildman–Crippen MR) is 71.0 cm³/mol. The van der Waals surface area contributed by atoms with Crippen molar-refractivity contribution >= 4 is 6.29 Å². The molecule has 0 saturated heterocycles. The summed E-state index contributed by atoms with van der Waals surface area (Å²) in [5.74, 6) is 0.391. The second-order valence-corrected chi connectivity index (χ2v) is 4.87. The van der Waals surface area contributed by atoms with Crippen LogP contribution in [0.2, 0.25) is 0 Å². The number of aromatic nitrogens is 1. The molecule has 0 bridgehead atoms. The van der Waals surface area contributed by atoms with Gasteiger partial charge in [0.1, 0.15) is 6.29 Å². The molecular formula is C16H15NO. The number of pyridine rings is 1. The van der Waals surface area contributed by atoms with Gasteiger partial charge in [-0.25, -0.2) is 0 Å². The third-order valence-electron chi connectivity index (χ3n) is 3.76. The van der Waals surface area contributed by atoms with Gasteiger partial charge >= 0.3 is 0 Å². The first kappa shape index (κ1) is 11.1. The number of carbonyl (C=O) groups is 1. The minimum absolute atomic E-state index is 0.391. The average Bonchev–Trinajstić information content (AvgIpc) is 2.82. The van der Waals surface area contributed by atoms with Crippen LogP contribution in [0.3, 0.4) is 0 Å². The molecule has 0 spiro atoms. The maximum absolute atomic E-state index is 10.8. The number of hydrogen-bond acceptors (Lipinski definition) is 2. The molecule has 1 unspecified atom stereocenters. The summed E-state index contributed by atoms with van der Waals surface area (Å²) in [5, 5.41) is 0. The van der Waals surface area contributed by atoms with Gasteiger partial charge in [-0.05, 0) is 48.6 Å². The molecule has 1 heterocycles. The van der Waals surface area contributed by atoms with Crippen LogP contribution in [0.1, 0.15) is 45.1 Å². The summed E-state index contributed by atoms with van der Waals surface area (Å²) in [6, 6.07) is 10.1. The zero-order valence-electron chi connectivity index (χ0n) is 10.4. The van der Waals surface area contributed by atoms with E-state index in [9.17, 15) is 4.79 Å². The summed E-state index contributed by atoms with van der Waals surface area (Å²) in [4.78, 5) is 15.3. The molecule has 1 aliphatic rings. The van der Waals surface area contributed by atoms with E-state index in [4.69, 9.17) is 0 Å². The van der Waals surface area contributed by atoms with Crippen LogP contribution in [0, 0.1) is 6.92 Å². The van der Waals surface area contributed by atoms with Crippen LogP contribution in [-0.2, 0) is 6.42 Å². The van der Waals surface area contributed by atoms with Crippen molar-refractivity contribution in [1.82, 2.24) is 4.98 Å². The maximum Gasteiger partial charge on any atom is 0.150 e. The molecule has 0 fully saturated rings. The van der Waals surface area contributed by atoms with Crippen molar-refractivity contribution in [3.05, 3.63) is 64.5 Å². The van der Waals surface area contributed by atoms with E-state index in [2.05, 4.69) is 24.0 Å². The molecule has 1 aromatic carbocycles. The van der Waals surface area contributed by atoms with E-state index in [1.165, 1.54) is 22.4 Å². The van der Waals surface area contributed by atoms with Crippen LogP contribution in [-0.4, -0.2) is 11.3 Å². The Balaban J connectivity index is 2.05. The highest BCUT2D eigenvalue weighted by Gasteiger charge is 2.25. The van der Waals surface area contributed by atoms with Crippen molar-refractivity contribution in [1.29, 1.82) is 0 Å². The Morgan fingerprint density at radius 3 is 3.00 bits per heavy atom. The maximum atomic E-state index is 10.8. The summed E-state index contributed by atoms with van der Waals surface area (Å²) in [6.07, 6.45) is 4.99. The van der Waals surface area contributed by atoms with Crippen molar-refractivity contribution in [2.45, 2.75) is 25.7 Å². The lowest BCUT2D eigenvalue weighted by Gasteiger charge is -2.14. The summed E-state index contributed by atoms with van der Waals surface area (Å²) >= 11 is 0. The summed E-state index contributed by atoms with van der Waals surface area (Å²) in [7, 11) is 0. The van der Waals surface area contributed by atoms with Gasteiger partial charge < -0.3 is 0 Å². The smallest absolute Gasteiger partial charge is 0.150 e. The normalized spacial score (nSPS) is 17.5. The highest BCUT2D eigenvalue weighted by Crippen LogP contribution is 2.37. The fourth-order valence-electron chi connectivity index (χ4n) is 2.88. The lowest BCUT2D eigenvalue weighted by Crippen LogP contribution is -2.01. The van der Waals surface area contributed by atoms with Crippen LogP contribution in [0.4, 0.5) is 0 Å².